The van der Waals surface area contributed by atoms with Gasteiger partial charge in [0.15, 0.2) is 9.84 Å². The minimum Gasteiger partial charge on any atom is -0.497 e. The molecule has 0 atom stereocenters. The summed E-state index contributed by atoms with van der Waals surface area (Å²) in [6.45, 7) is 0.449. The maximum atomic E-state index is 13.0. The number of ether oxygens (including phenoxy) is 1. The molecule has 27 heavy (non-hydrogen) atoms. The van der Waals surface area contributed by atoms with Crippen LogP contribution >= 0.6 is 0 Å². The summed E-state index contributed by atoms with van der Waals surface area (Å²) in [5.74, 6) is -0.222. The lowest BCUT2D eigenvalue weighted by Crippen LogP contribution is -2.33. The van der Waals surface area contributed by atoms with Crippen molar-refractivity contribution in [3.8, 4) is 5.75 Å². The molecule has 0 spiro atoms. The number of hydrogen-bond donors (Lipinski definition) is 0. The Balaban J connectivity index is 1.64. The molecule has 1 amide bonds. The Morgan fingerprint density at radius 2 is 1.74 bits per heavy atom. The number of halogens is 1. The second-order valence-corrected chi connectivity index (χ2v) is 8.73. The molecule has 1 aliphatic carbocycles. The molecule has 1 aliphatic rings. The van der Waals surface area contributed by atoms with Gasteiger partial charge in [-0.25, -0.2) is 12.8 Å². The van der Waals surface area contributed by atoms with Gasteiger partial charge in [-0.05, 0) is 54.8 Å². The van der Waals surface area contributed by atoms with Crippen LogP contribution in [-0.2, 0) is 21.2 Å². The third-order valence-corrected chi connectivity index (χ3v) is 6.31. The minimum atomic E-state index is -3.62. The van der Waals surface area contributed by atoms with E-state index < -0.39 is 15.7 Å². The van der Waals surface area contributed by atoms with E-state index in [-0.39, 0.29) is 29.0 Å². The number of benzene rings is 2. The normalized spacial score (nSPS) is 14.0. The molecule has 0 bridgehead atoms. The van der Waals surface area contributed by atoms with Crippen molar-refractivity contribution in [2.45, 2.75) is 36.7 Å². The van der Waals surface area contributed by atoms with Crippen LogP contribution < -0.4 is 4.74 Å². The van der Waals surface area contributed by atoms with Crippen molar-refractivity contribution < 1.29 is 22.3 Å². The Morgan fingerprint density at radius 1 is 1.11 bits per heavy atom. The van der Waals surface area contributed by atoms with Crippen LogP contribution in [-0.4, -0.2) is 38.1 Å². The van der Waals surface area contributed by atoms with Gasteiger partial charge in [-0.2, -0.15) is 0 Å². The molecular formula is C20H22FNO4S. The summed E-state index contributed by atoms with van der Waals surface area (Å²) >= 11 is 0. The van der Waals surface area contributed by atoms with Crippen molar-refractivity contribution in [3.63, 3.8) is 0 Å². The van der Waals surface area contributed by atoms with Crippen LogP contribution in [0.15, 0.2) is 53.4 Å². The molecule has 0 N–H and O–H groups in total. The Bertz CT molecular complexity index is 891. The van der Waals surface area contributed by atoms with E-state index in [9.17, 15) is 17.6 Å². The van der Waals surface area contributed by atoms with Crippen molar-refractivity contribution in [2.75, 3.05) is 12.9 Å². The molecular weight excluding hydrogens is 369 g/mol. The van der Waals surface area contributed by atoms with Crippen LogP contribution in [0, 0.1) is 5.82 Å². The summed E-state index contributed by atoms with van der Waals surface area (Å²) in [4.78, 5) is 14.4. The van der Waals surface area contributed by atoms with E-state index in [0.717, 1.165) is 36.3 Å². The van der Waals surface area contributed by atoms with Crippen LogP contribution in [0.25, 0.3) is 0 Å². The highest BCUT2D eigenvalue weighted by Gasteiger charge is 2.33. The van der Waals surface area contributed by atoms with Crippen molar-refractivity contribution in [3.05, 3.63) is 59.9 Å². The van der Waals surface area contributed by atoms with Crippen molar-refractivity contribution in [1.82, 2.24) is 4.90 Å². The van der Waals surface area contributed by atoms with E-state index in [0.29, 0.717) is 6.54 Å². The molecule has 1 fully saturated rings. The molecule has 144 valence electrons. The van der Waals surface area contributed by atoms with Gasteiger partial charge in [0.05, 0.1) is 17.8 Å². The fourth-order valence-electron chi connectivity index (χ4n) is 2.86. The summed E-state index contributed by atoms with van der Waals surface area (Å²) in [6.07, 6.45) is 1.78. The second kappa shape index (κ2) is 8.08. The molecule has 5 nitrogen and oxygen atoms in total. The average Bonchev–Trinajstić information content (AvgIpc) is 3.50. The maximum absolute atomic E-state index is 13.0. The van der Waals surface area contributed by atoms with Gasteiger partial charge in [-0.15, -0.1) is 0 Å². The van der Waals surface area contributed by atoms with Crippen LogP contribution in [0.1, 0.15) is 24.8 Å². The third-order valence-electron chi connectivity index (χ3n) is 4.58. The van der Waals surface area contributed by atoms with E-state index in [4.69, 9.17) is 4.74 Å². The molecule has 1 saturated carbocycles. The Labute approximate surface area is 158 Å². The quantitative estimate of drug-likeness (QED) is 0.649. The van der Waals surface area contributed by atoms with Gasteiger partial charge in [0.1, 0.15) is 11.6 Å². The first kappa shape index (κ1) is 19.4. The zero-order valence-corrected chi connectivity index (χ0v) is 15.9. The van der Waals surface area contributed by atoms with Crippen molar-refractivity contribution in [2.24, 2.45) is 0 Å². The number of hydrogen-bond acceptors (Lipinski definition) is 4. The first-order valence-electron chi connectivity index (χ1n) is 8.80. The smallest absolute Gasteiger partial charge is 0.224 e. The first-order chi connectivity index (χ1) is 12.9. The summed E-state index contributed by atoms with van der Waals surface area (Å²) in [6, 6.07) is 12.3. The van der Waals surface area contributed by atoms with Crippen LogP contribution in [0.3, 0.4) is 0 Å². The lowest BCUT2D eigenvalue weighted by atomic mass is 10.2. The monoisotopic (exact) mass is 391 g/mol. The number of sulfone groups is 1. The summed E-state index contributed by atoms with van der Waals surface area (Å²) in [7, 11) is -2.03. The molecule has 0 aliphatic heterocycles. The average molecular weight is 391 g/mol. The van der Waals surface area contributed by atoms with Gasteiger partial charge in [-0.1, -0.05) is 12.1 Å². The molecule has 0 heterocycles. The molecule has 7 heteroatoms. The fraction of sp³-hybridized carbons (Fsp3) is 0.350. The fourth-order valence-corrected chi connectivity index (χ4v) is 4.09. The number of nitrogens with zero attached hydrogens (tertiary/aromatic N) is 1. The largest absolute Gasteiger partial charge is 0.497 e. The van der Waals surface area contributed by atoms with Crippen LogP contribution in [0.2, 0.25) is 0 Å². The lowest BCUT2D eigenvalue weighted by Gasteiger charge is -2.23. The van der Waals surface area contributed by atoms with Gasteiger partial charge in [0.2, 0.25) is 5.91 Å². The predicted octanol–water partition coefficient (Wildman–Crippen LogP) is 3.19. The Hall–Kier alpha value is -2.41. The SMILES string of the molecule is COc1ccc(CN(C(=O)CCS(=O)(=O)c2ccc(F)cc2)C2CC2)cc1. The van der Waals surface area contributed by atoms with Crippen molar-refractivity contribution >= 4 is 15.7 Å². The Kier molecular flexibility index (Phi) is 5.79. The van der Waals surface area contributed by atoms with Gasteiger partial charge < -0.3 is 9.64 Å². The lowest BCUT2D eigenvalue weighted by molar-refractivity contribution is -0.132. The zero-order chi connectivity index (χ0) is 19.4. The molecule has 0 radical (unpaired) electrons. The number of carbonyl (C=O) groups excluding carboxylic acids is 1. The number of rotatable bonds is 8. The summed E-state index contributed by atoms with van der Waals surface area (Å²) < 4.78 is 42.9. The van der Waals surface area contributed by atoms with Gasteiger partial charge in [0, 0.05) is 19.0 Å². The van der Waals surface area contributed by atoms with Crippen molar-refractivity contribution in [1.29, 1.82) is 0 Å². The van der Waals surface area contributed by atoms with Gasteiger partial charge in [0.25, 0.3) is 0 Å². The second-order valence-electron chi connectivity index (χ2n) is 6.62. The van der Waals surface area contributed by atoms with Crippen LogP contribution in [0.5, 0.6) is 5.75 Å². The maximum Gasteiger partial charge on any atom is 0.224 e. The van der Waals surface area contributed by atoms with E-state index in [1.54, 1.807) is 12.0 Å². The third kappa shape index (κ3) is 5.07. The number of amides is 1. The summed E-state index contributed by atoms with van der Waals surface area (Å²) in [5.41, 5.74) is 0.970. The van der Waals surface area contributed by atoms with Gasteiger partial charge >= 0.3 is 0 Å². The van der Waals surface area contributed by atoms with E-state index >= 15 is 0 Å². The highest BCUT2D eigenvalue weighted by molar-refractivity contribution is 7.91. The zero-order valence-electron chi connectivity index (χ0n) is 15.1. The summed E-state index contributed by atoms with van der Waals surface area (Å²) in [5, 5.41) is 0. The number of carbonyl (C=O) groups is 1. The highest BCUT2D eigenvalue weighted by atomic mass is 32.2. The molecule has 3 rings (SSSR count). The molecule has 0 unspecified atom stereocenters. The van der Waals surface area contributed by atoms with E-state index in [2.05, 4.69) is 0 Å². The van der Waals surface area contributed by atoms with Crippen LogP contribution in [0.4, 0.5) is 4.39 Å². The number of methoxy groups -OCH3 is 1. The predicted molar refractivity (Wildman–Crippen MR) is 99.6 cm³/mol. The minimum absolute atomic E-state index is 0.0322. The standard InChI is InChI=1S/C20H22FNO4S/c1-26-18-8-2-15(3-9-18)14-22(17-6-7-17)20(23)12-13-27(24,25)19-10-4-16(21)5-11-19/h2-5,8-11,17H,6-7,12-14H2,1H3. The molecule has 2 aromatic rings. The highest BCUT2D eigenvalue weighted by Crippen LogP contribution is 2.29. The molecule has 0 saturated heterocycles. The molecule has 2 aromatic carbocycles. The topological polar surface area (TPSA) is 63.7 Å². The Morgan fingerprint density at radius 3 is 2.30 bits per heavy atom. The van der Waals surface area contributed by atoms with E-state index in [1.807, 2.05) is 24.3 Å². The van der Waals surface area contributed by atoms with Gasteiger partial charge in [-0.3, -0.25) is 4.79 Å². The first-order valence-corrected chi connectivity index (χ1v) is 10.4. The van der Waals surface area contributed by atoms with E-state index in [1.165, 1.54) is 12.1 Å². The molecule has 0 aromatic heterocycles.